The van der Waals surface area contributed by atoms with Gasteiger partial charge in [-0.3, -0.25) is 9.59 Å². The molecule has 1 aromatic rings. The summed E-state index contributed by atoms with van der Waals surface area (Å²) in [7, 11) is 0. The third kappa shape index (κ3) is 4.62. The van der Waals surface area contributed by atoms with E-state index in [1.165, 1.54) is 23.6 Å². The monoisotopic (exact) mass is 338 g/mol. The molecule has 7 nitrogen and oxygen atoms in total. The quantitative estimate of drug-likeness (QED) is 0.754. The van der Waals surface area contributed by atoms with E-state index in [4.69, 9.17) is 4.74 Å². The Balaban J connectivity index is 1.94. The second kappa shape index (κ2) is 7.36. The van der Waals surface area contributed by atoms with Gasteiger partial charge in [-0.05, 0) is 19.1 Å². The van der Waals surface area contributed by atoms with Gasteiger partial charge in [0.15, 0.2) is 5.54 Å². The van der Waals surface area contributed by atoms with Gasteiger partial charge in [-0.2, -0.15) is 0 Å². The Morgan fingerprint density at radius 3 is 2.65 bits per heavy atom. The highest BCUT2D eigenvalue weighted by Gasteiger charge is 2.37. The van der Waals surface area contributed by atoms with Crippen molar-refractivity contribution in [2.45, 2.75) is 12.5 Å². The van der Waals surface area contributed by atoms with Crippen molar-refractivity contribution in [3.05, 3.63) is 30.3 Å². The number of ether oxygens (including phenoxy) is 1. The molecule has 1 fully saturated rings. The van der Waals surface area contributed by atoms with Crippen molar-refractivity contribution in [1.82, 2.24) is 10.2 Å². The van der Waals surface area contributed by atoms with Gasteiger partial charge in [0.25, 0.3) is 0 Å². The maximum atomic E-state index is 12.0. The van der Waals surface area contributed by atoms with Crippen molar-refractivity contribution in [3.8, 4) is 5.75 Å². The standard InChI is InChI=1S/C15H18N2O5S/c1-15(14(20)21,9-22-11-5-3-2-4-6-11)16-12(18)7-17-10-23-8-13(17)19/h2-6H,7-10H2,1H3,(H,16,18)(H,20,21)/t15-/m0/s1. The van der Waals surface area contributed by atoms with Gasteiger partial charge in [0, 0.05) is 0 Å². The van der Waals surface area contributed by atoms with Crippen LogP contribution in [-0.2, 0) is 14.4 Å². The maximum Gasteiger partial charge on any atom is 0.332 e. The van der Waals surface area contributed by atoms with Crippen LogP contribution in [0.4, 0.5) is 0 Å². The van der Waals surface area contributed by atoms with E-state index < -0.39 is 17.4 Å². The fourth-order valence-electron chi connectivity index (χ4n) is 1.96. The second-order valence-corrected chi connectivity index (χ2v) is 6.31. The predicted octanol–water partition coefficient (Wildman–Crippen LogP) is 0.558. The summed E-state index contributed by atoms with van der Waals surface area (Å²) < 4.78 is 5.44. The number of aliphatic carboxylic acids is 1. The summed E-state index contributed by atoms with van der Waals surface area (Å²) in [6, 6.07) is 8.75. The third-order valence-electron chi connectivity index (χ3n) is 3.32. The number of rotatable bonds is 7. The van der Waals surface area contributed by atoms with Crippen LogP contribution in [0.3, 0.4) is 0 Å². The lowest BCUT2D eigenvalue weighted by molar-refractivity contribution is -0.148. The molecule has 1 aliphatic heterocycles. The zero-order valence-corrected chi connectivity index (χ0v) is 13.5. The lowest BCUT2D eigenvalue weighted by Crippen LogP contribution is -2.58. The Kier molecular flexibility index (Phi) is 5.49. The van der Waals surface area contributed by atoms with Crippen molar-refractivity contribution in [2.24, 2.45) is 0 Å². The number of benzene rings is 1. The number of hydrogen-bond acceptors (Lipinski definition) is 5. The number of nitrogens with one attached hydrogen (secondary N) is 1. The molecule has 2 amide bonds. The van der Waals surface area contributed by atoms with E-state index in [0.717, 1.165) is 0 Å². The zero-order chi connectivity index (χ0) is 16.9. The van der Waals surface area contributed by atoms with Crippen LogP contribution >= 0.6 is 11.8 Å². The first-order valence-corrected chi connectivity index (χ1v) is 8.14. The molecule has 1 atom stereocenters. The average Bonchev–Trinajstić information content (AvgIpc) is 2.91. The summed E-state index contributed by atoms with van der Waals surface area (Å²) in [4.78, 5) is 36.4. The van der Waals surface area contributed by atoms with Crippen LogP contribution in [0.1, 0.15) is 6.92 Å². The van der Waals surface area contributed by atoms with E-state index in [0.29, 0.717) is 17.4 Å². The summed E-state index contributed by atoms with van der Waals surface area (Å²) in [5.41, 5.74) is -1.58. The molecule has 124 valence electrons. The van der Waals surface area contributed by atoms with Crippen LogP contribution in [-0.4, -0.2) is 58.1 Å². The minimum atomic E-state index is -1.58. The highest BCUT2D eigenvalue weighted by molar-refractivity contribution is 8.00. The van der Waals surface area contributed by atoms with Crippen LogP contribution in [0.5, 0.6) is 5.75 Å². The molecular formula is C15H18N2O5S. The summed E-state index contributed by atoms with van der Waals surface area (Å²) in [5, 5.41) is 11.8. The molecule has 1 aromatic carbocycles. The van der Waals surface area contributed by atoms with E-state index in [9.17, 15) is 19.5 Å². The first-order chi connectivity index (χ1) is 10.9. The molecule has 23 heavy (non-hydrogen) atoms. The van der Waals surface area contributed by atoms with Gasteiger partial charge in [-0.15, -0.1) is 11.8 Å². The van der Waals surface area contributed by atoms with Crippen molar-refractivity contribution in [3.63, 3.8) is 0 Å². The summed E-state index contributed by atoms with van der Waals surface area (Å²) >= 11 is 1.42. The van der Waals surface area contributed by atoms with Crippen molar-refractivity contribution in [1.29, 1.82) is 0 Å². The van der Waals surface area contributed by atoms with E-state index in [-0.39, 0.29) is 19.1 Å². The summed E-state index contributed by atoms with van der Waals surface area (Å²) in [6.07, 6.45) is 0. The molecule has 0 aliphatic carbocycles. The molecule has 0 bridgehead atoms. The molecule has 0 saturated carbocycles. The van der Waals surface area contributed by atoms with Crippen molar-refractivity contribution in [2.75, 3.05) is 24.8 Å². The molecule has 1 saturated heterocycles. The van der Waals surface area contributed by atoms with Crippen molar-refractivity contribution >= 4 is 29.5 Å². The van der Waals surface area contributed by atoms with Gasteiger partial charge in [-0.1, -0.05) is 18.2 Å². The van der Waals surface area contributed by atoms with E-state index in [2.05, 4.69) is 5.32 Å². The smallest absolute Gasteiger partial charge is 0.332 e. The number of carbonyl (C=O) groups excluding carboxylic acids is 2. The fraction of sp³-hybridized carbons (Fsp3) is 0.400. The van der Waals surface area contributed by atoms with Crippen LogP contribution in [0.2, 0.25) is 0 Å². The first kappa shape index (κ1) is 17.1. The van der Waals surface area contributed by atoms with Crippen molar-refractivity contribution < 1.29 is 24.2 Å². The molecule has 2 rings (SSSR count). The Morgan fingerprint density at radius 2 is 2.09 bits per heavy atom. The minimum Gasteiger partial charge on any atom is -0.491 e. The van der Waals surface area contributed by atoms with Gasteiger partial charge in [-0.25, -0.2) is 4.79 Å². The van der Waals surface area contributed by atoms with Crippen LogP contribution in [0.25, 0.3) is 0 Å². The molecule has 1 heterocycles. The molecular weight excluding hydrogens is 320 g/mol. The average molecular weight is 338 g/mol. The van der Waals surface area contributed by atoms with Gasteiger partial charge in [0.2, 0.25) is 11.8 Å². The number of hydrogen-bond donors (Lipinski definition) is 2. The SMILES string of the molecule is C[C@@](COc1ccccc1)(NC(=O)CN1CSCC1=O)C(=O)O. The maximum absolute atomic E-state index is 12.0. The second-order valence-electron chi connectivity index (χ2n) is 5.36. The van der Waals surface area contributed by atoms with E-state index >= 15 is 0 Å². The predicted molar refractivity (Wildman–Crippen MR) is 85.2 cm³/mol. The fourth-order valence-corrected chi connectivity index (χ4v) is 2.86. The Labute approximate surface area is 138 Å². The Morgan fingerprint density at radius 1 is 1.39 bits per heavy atom. The molecule has 1 aliphatic rings. The zero-order valence-electron chi connectivity index (χ0n) is 12.7. The number of carbonyl (C=O) groups is 3. The lowest BCUT2D eigenvalue weighted by Gasteiger charge is -2.27. The van der Waals surface area contributed by atoms with E-state index in [1.807, 2.05) is 6.07 Å². The molecule has 0 unspecified atom stereocenters. The van der Waals surface area contributed by atoms with Gasteiger partial charge < -0.3 is 20.1 Å². The number of carboxylic acid groups (broad SMARTS) is 1. The van der Waals surface area contributed by atoms with Gasteiger partial charge in [0.05, 0.1) is 11.6 Å². The van der Waals surface area contributed by atoms with E-state index in [1.54, 1.807) is 24.3 Å². The van der Waals surface area contributed by atoms with Crippen LogP contribution < -0.4 is 10.1 Å². The van der Waals surface area contributed by atoms with Crippen LogP contribution in [0, 0.1) is 0 Å². The highest BCUT2D eigenvalue weighted by atomic mass is 32.2. The number of thioether (sulfide) groups is 1. The minimum absolute atomic E-state index is 0.122. The molecule has 8 heteroatoms. The topological polar surface area (TPSA) is 95.9 Å². The Bertz CT molecular complexity index is 595. The normalized spacial score (nSPS) is 16.7. The third-order valence-corrected chi connectivity index (χ3v) is 4.26. The molecule has 0 aromatic heterocycles. The summed E-state index contributed by atoms with van der Waals surface area (Å²) in [5.74, 6) is -0.550. The summed E-state index contributed by atoms with van der Waals surface area (Å²) in [6.45, 7) is 0.998. The number of para-hydroxylation sites is 1. The Hall–Kier alpha value is -2.22. The molecule has 0 radical (unpaired) electrons. The van der Waals surface area contributed by atoms with Gasteiger partial charge >= 0.3 is 5.97 Å². The number of carboxylic acids is 1. The lowest BCUT2D eigenvalue weighted by atomic mass is 10.0. The highest BCUT2D eigenvalue weighted by Crippen LogP contribution is 2.15. The number of amides is 2. The van der Waals surface area contributed by atoms with Gasteiger partial charge in [0.1, 0.15) is 18.9 Å². The first-order valence-electron chi connectivity index (χ1n) is 6.98. The largest absolute Gasteiger partial charge is 0.491 e. The van der Waals surface area contributed by atoms with Crippen LogP contribution in [0.15, 0.2) is 30.3 Å². The molecule has 2 N–H and O–H groups in total. The molecule has 0 spiro atoms. The number of nitrogens with zero attached hydrogens (tertiary/aromatic N) is 1.